The van der Waals surface area contributed by atoms with E-state index in [9.17, 15) is 13.2 Å². The van der Waals surface area contributed by atoms with Crippen molar-refractivity contribution >= 4 is 21.7 Å². The summed E-state index contributed by atoms with van der Waals surface area (Å²) in [7, 11) is -3.79. The number of rotatable bonds is 8. The van der Waals surface area contributed by atoms with E-state index < -0.39 is 16.0 Å². The maximum atomic E-state index is 12.6. The Kier molecular flexibility index (Phi) is 6.37. The van der Waals surface area contributed by atoms with Crippen molar-refractivity contribution in [3.63, 3.8) is 0 Å². The minimum atomic E-state index is -3.79. The van der Waals surface area contributed by atoms with Crippen LogP contribution in [0.25, 0.3) is 0 Å². The van der Waals surface area contributed by atoms with E-state index in [1.165, 1.54) is 18.2 Å². The molecule has 0 radical (unpaired) electrons. The lowest BCUT2D eigenvalue weighted by Gasteiger charge is -2.18. The Morgan fingerprint density at radius 1 is 1.27 bits per heavy atom. The molecule has 0 aromatic heterocycles. The topological polar surface area (TPSA) is 95.5 Å². The van der Waals surface area contributed by atoms with Crippen molar-refractivity contribution in [2.75, 3.05) is 5.32 Å². The highest BCUT2D eigenvalue weighted by Gasteiger charge is 2.22. The van der Waals surface area contributed by atoms with Gasteiger partial charge in [-0.1, -0.05) is 13.3 Å². The molecule has 7 heteroatoms. The number of anilines is 1. The molecule has 0 bridgehead atoms. The first-order valence-electron chi connectivity index (χ1n) is 7.33. The maximum absolute atomic E-state index is 12.6. The Bertz CT molecular complexity index is 626. The Labute approximate surface area is 132 Å². The van der Waals surface area contributed by atoms with Gasteiger partial charge in [-0.25, -0.2) is 17.9 Å². The molecule has 0 heterocycles. The molecule has 0 saturated heterocycles. The SMILES string of the molecule is CCCC(C)NS(=O)(=O)c1cc(C(=O)O)ccc1NC(C)C. The van der Waals surface area contributed by atoms with Crippen molar-refractivity contribution in [1.82, 2.24) is 4.72 Å². The smallest absolute Gasteiger partial charge is 0.335 e. The first-order valence-corrected chi connectivity index (χ1v) is 8.82. The summed E-state index contributed by atoms with van der Waals surface area (Å²) in [4.78, 5) is 11.1. The van der Waals surface area contributed by atoms with E-state index in [-0.39, 0.29) is 22.5 Å². The number of carboxylic acid groups (broad SMARTS) is 1. The van der Waals surface area contributed by atoms with E-state index in [0.29, 0.717) is 12.1 Å². The van der Waals surface area contributed by atoms with Crippen LogP contribution in [0, 0.1) is 0 Å². The molecule has 22 heavy (non-hydrogen) atoms. The number of sulfonamides is 1. The molecule has 1 unspecified atom stereocenters. The summed E-state index contributed by atoms with van der Waals surface area (Å²) in [5, 5.41) is 12.1. The van der Waals surface area contributed by atoms with Gasteiger partial charge in [0.15, 0.2) is 0 Å². The zero-order chi connectivity index (χ0) is 16.9. The Hall–Kier alpha value is -1.60. The number of hydrogen-bond donors (Lipinski definition) is 3. The van der Waals surface area contributed by atoms with E-state index >= 15 is 0 Å². The van der Waals surface area contributed by atoms with E-state index in [4.69, 9.17) is 5.11 Å². The lowest BCUT2D eigenvalue weighted by atomic mass is 10.2. The Morgan fingerprint density at radius 2 is 1.91 bits per heavy atom. The molecule has 0 amide bonds. The molecule has 1 aromatic rings. The van der Waals surface area contributed by atoms with Crippen LogP contribution < -0.4 is 10.0 Å². The second-order valence-electron chi connectivity index (χ2n) is 5.63. The highest BCUT2D eigenvalue weighted by atomic mass is 32.2. The summed E-state index contributed by atoms with van der Waals surface area (Å²) in [5.41, 5.74) is 0.342. The molecule has 3 N–H and O–H groups in total. The van der Waals surface area contributed by atoms with E-state index in [2.05, 4.69) is 10.0 Å². The minimum absolute atomic E-state index is 0.0256. The van der Waals surface area contributed by atoms with E-state index in [1.807, 2.05) is 20.8 Å². The van der Waals surface area contributed by atoms with Gasteiger partial charge in [-0.05, 0) is 45.4 Å². The minimum Gasteiger partial charge on any atom is -0.478 e. The van der Waals surface area contributed by atoms with Crippen LogP contribution in [0.1, 0.15) is 50.9 Å². The van der Waals surface area contributed by atoms with Gasteiger partial charge in [-0.2, -0.15) is 0 Å². The van der Waals surface area contributed by atoms with Gasteiger partial charge in [0.05, 0.1) is 11.3 Å². The normalized spacial score (nSPS) is 13.1. The van der Waals surface area contributed by atoms with Gasteiger partial charge in [0.25, 0.3) is 0 Å². The zero-order valence-corrected chi connectivity index (χ0v) is 14.2. The molecular weight excluding hydrogens is 304 g/mol. The highest BCUT2D eigenvalue weighted by Crippen LogP contribution is 2.24. The van der Waals surface area contributed by atoms with E-state index in [1.54, 1.807) is 6.92 Å². The predicted molar refractivity (Wildman–Crippen MR) is 86.9 cm³/mol. The van der Waals surface area contributed by atoms with Gasteiger partial charge < -0.3 is 10.4 Å². The van der Waals surface area contributed by atoms with Crippen LogP contribution in [0.2, 0.25) is 0 Å². The van der Waals surface area contributed by atoms with Crippen molar-refractivity contribution in [3.05, 3.63) is 23.8 Å². The monoisotopic (exact) mass is 328 g/mol. The molecule has 0 aliphatic carbocycles. The molecule has 0 fully saturated rings. The van der Waals surface area contributed by atoms with Crippen LogP contribution in [0.5, 0.6) is 0 Å². The summed E-state index contributed by atoms with van der Waals surface area (Å²) in [6.07, 6.45) is 1.57. The fraction of sp³-hybridized carbons (Fsp3) is 0.533. The third kappa shape index (κ3) is 4.99. The largest absolute Gasteiger partial charge is 0.478 e. The molecule has 1 aromatic carbocycles. The molecule has 0 aliphatic heterocycles. The average molecular weight is 328 g/mol. The van der Waals surface area contributed by atoms with Gasteiger partial charge in [0, 0.05) is 12.1 Å². The summed E-state index contributed by atoms with van der Waals surface area (Å²) >= 11 is 0. The van der Waals surface area contributed by atoms with Crippen molar-refractivity contribution < 1.29 is 18.3 Å². The second-order valence-corrected chi connectivity index (χ2v) is 7.31. The lowest BCUT2D eigenvalue weighted by molar-refractivity contribution is 0.0696. The summed E-state index contributed by atoms with van der Waals surface area (Å²) < 4.78 is 27.7. The molecule has 1 rings (SSSR count). The van der Waals surface area contributed by atoms with Gasteiger partial charge >= 0.3 is 5.97 Å². The standard InChI is InChI=1S/C15H24N2O4S/c1-5-6-11(4)17-22(20,21)14-9-12(15(18)19)7-8-13(14)16-10(2)3/h7-11,16-17H,5-6H2,1-4H3,(H,18,19). The molecule has 0 saturated carbocycles. The lowest BCUT2D eigenvalue weighted by Crippen LogP contribution is -2.33. The van der Waals surface area contributed by atoms with Gasteiger partial charge in [-0.15, -0.1) is 0 Å². The molecule has 0 aliphatic rings. The van der Waals surface area contributed by atoms with E-state index in [0.717, 1.165) is 6.42 Å². The van der Waals surface area contributed by atoms with Crippen LogP contribution in [-0.4, -0.2) is 31.6 Å². The van der Waals surface area contributed by atoms with Gasteiger partial charge in [0.1, 0.15) is 4.90 Å². The second kappa shape index (κ2) is 7.60. The zero-order valence-electron chi connectivity index (χ0n) is 13.4. The maximum Gasteiger partial charge on any atom is 0.335 e. The van der Waals surface area contributed by atoms with Crippen LogP contribution in [0.4, 0.5) is 5.69 Å². The van der Waals surface area contributed by atoms with Crippen LogP contribution in [0.15, 0.2) is 23.1 Å². The fourth-order valence-corrected chi connectivity index (χ4v) is 3.60. The van der Waals surface area contributed by atoms with Crippen molar-refractivity contribution in [1.29, 1.82) is 0 Å². The van der Waals surface area contributed by atoms with Crippen molar-refractivity contribution in [2.45, 2.75) is 57.5 Å². The van der Waals surface area contributed by atoms with Crippen LogP contribution >= 0.6 is 0 Å². The Morgan fingerprint density at radius 3 is 2.41 bits per heavy atom. The fourth-order valence-electron chi connectivity index (χ4n) is 2.13. The summed E-state index contributed by atoms with van der Waals surface area (Å²) in [6, 6.07) is 3.88. The number of nitrogens with one attached hydrogen (secondary N) is 2. The summed E-state index contributed by atoms with van der Waals surface area (Å²) in [5.74, 6) is -1.16. The van der Waals surface area contributed by atoms with Crippen LogP contribution in [-0.2, 0) is 10.0 Å². The number of aromatic carboxylic acids is 1. The molecule has 0 spiro atoms. The van der Waals surface area contributed by atoms with Gasteiger partial charge in [-0.3, -0.25) is 0 Å². The number of carbonyl (C=O) groups is 1. The first-order chi connectivity index (χ1) is 10.2. The molecular formula is C15H24N2O4S. The van der Waals surface area contributed by atoms with Crippen molar-refractivity contribution in [2.24, 2.45) is 0 Å². The highest BCUT2D eigenvalue weighted by molar-refractivity contribution is 7.89. The Balaban J connectivity index is 3.27. The first kappa shape index (κ1) is 18.4. The molecule has 1 atom stereocenters. The molecule has 6 nitrogen and oxygen atoms in total. The predicted octanol–water partition coefficient (Wildman–Crippen LogP) is 2.67. The summed E-state index contributed by atoms with van der Waals surface area (Å²) in [6.45, 7) is 7.53. The molecule has 124 valence electrons. The van der Waals surface area contributed by atoms with Crippen molar-refractivity contribution in [3.8, 4) is 0 Å². The third-order valence-electron chi connectivity index (χ3n) is 3.04. The quantitative estimate of drug-likeness (QED) is 0.682. The third-order valence-corrected chi connectivity index (χ3v) is 4.67. The number of carboxylic acids is 1. The number of hydrogen-bond acceptors (Lipinski definition) is 4. The van der Waals surface area contributed by atoms with Gasteiger partial charge in [0.2, 0.25) is 10.0 Å². The average Bonchev–Trinajstić information content (AvgIpc) is 2.37. The van der Waals surface area contributed by atoms with Crippen LogP contribution in [0.3, 0.4) is 0 Å². The number of benzene rings is 1.